The number of hydrogen-bond donors (Lipinski definition) is 2. The fraction of sp³-hybridized carbons (Fsp3) is 0.250. The molecule has 0 spiro atoms. The normalized spacial score (nSPS) is 12.2. The Bertz CT molecular complexity index is 569. The molecule has 2 aromatic rings. The predicted molar refractivity (Wildman–Crippen MR) is 85.5 cm³/mol. The van der Waals surface area contributed by atoms with Crippen molar-refractivity contribution in [1.29, 1.82) is 0 Å². The first kappa shape index (κ1) is 15.9. The Morgan fingerprint density at radius 1 is 1.19 bits per heavy atom. The molecule has 0 aliphatic rings. The van der Waals surface area contributed by atoms with Gasteiger partial charge >= 0.3 is 0 Å². The Labute approximate surface area is 132 Å². The van der Waals surface area contributed by atoms with E-state index in [1.54, 1.807) is 0 Å². The van der Waals surface area contributed by atoms with E-state index in [0.717, 1.165) is 23.3 Å². The summed E-state index contributed by atoms with van der Waals surface area (Å²) in [5.41, 5.74) is 4.42. The third kappa shape index (κ3) is 4.27. The van der Waals surface area contributed by atoms with Crippen LogP contribution in [0.5, 0.6) is 5.75 Å². The fourth-order valence-electron chi connectivity index (χ4n) is 2.10. The van der Waals surface area contributed by atoms with Gasteiger partial charge in [-0.15, -0.1) is 0 Å². The zero-order valence-electron chi connectivity index (χ0n) is 11.8. The summed E-state index contributed by atoms with van der Waals surface area (Å²) in [7, 11) is 0. The van der Waals surface area contributed by atoms with Crippen molar-refractivity contribution in [3.8, 4) is 5.75 Å². The van der Waals surface area contributed by atoms with Crippen LogP contribution in [-0.4, -0.2) is 6.61 Å². The van der Waals surface area contributed by atoms with Gasteiger partial charge in [0.1, 0.15) is 11.6 Å². The van der Waals surface area contributed by atoms with Gasteiger partial charge in [0.2, 0.25) is 0 Å². The SMILES string of the molecule is CCCOc1ccc(C(NN)c2cc(F)cc(Br)c2)cc1. The summed E-state index contributed by atoms with van der Waals surface area (Å²) in [6, 6.07) is 12.1. The highest BCUT2D eigenvalue weighted by atomic mass is 79.9. The summed E-state index contributed by atoms with van der Waals surface area (Å²) in [4.78, 5) is 0. The largest absolute Gasteiger partial charge is 0.494 e. The van der Waals surface area contributed by atoms with E-state index in [-0.39, 0.29) is 11.9 Å². The first-order valence-electron chi connectivity index (χ1n) is 6.79. The van der Waals surface area contributed by atoms with Crippen LogP contribution in [0.4, 0.5) is 4.39 Å². The van der Waals surface area contributed by atoms with Crippen LogP contribution in [0.1, 0.15) is 30.5 Å². The molecule has 3 N–H and O–H groups in total. The Hall–Kier alpha value is -1.43. The Balaban J connectivity index is 2.24. The maximum atomic E-state index is 13.5. The average Bonchev–Trinajstić information content (AvgIpc) is 2.46. The molecule has 1 atom stereocenters. The minimum absolute atomic E-state index is 0.280. The van der Waals surface area contributed by atoms with Gasteiger partial charge in [-0.05, 0) is 47.9 Å². The van der Waals surface area contributed by atoms with Crippen LogP contribution >= 0.6 is 15.9 Å². The van der Waals surface area contributed by atoms with Gasteiger partial charge in [-0.1, -0.05) is 35.0 Å². The van der Waals surface area contributed by atoms with Crippen molar-refractivity contribution in [1.82, 2.24) is 5.43 Å². The van der Waals surface area contributed by atoms with E-state index in [9.17, 15) is 4.39 Å². The van der Waals surface area contributed by atoms with E-state index < -0.39 is 0 Å². The Morgan fingerprint density at radius 2 is 1.90 bits per heavy atom. The van der Waals surface area contributed by atoms with Crippen molar-refractivity contribution < 1.29 is 9.13 Å². The van der Waals surface area contributed by atoms with Gasteiger partial charge in [0.15, 0.2) is 0 Å². The van der Waals surface area contributed by atoms with Crippen LogP contribution in [0.3, 0.4) is 0 Å². The van der Waals surface area contributed by atoms with Gasteiger partial charge in [-0.25, -0.2) is 9.82 Å². The van der Waals surface area contributed by atoms with Crippen LogP contribution < -0.4 is 16.0 Å². The van der Waals surface area contributed by atoms with Gasteiger partial charge in [0.05, 0.1) is 12.6 Å². The van der Waals surface area contributed by atoms with E-state index in [2.05, 4.69) is 28.3 Å². The number of rotatable bonds is 6. The number of ether oxygens (including phenoxy) is 1. The van der Waals surface area contributed by atoms with Gasteiger partial charge in [0.25, 0.3) is 0 Å². The van der Waals surface area contributed by atoms with Gasteiger partial charge in [-0.2, -0.15) is 0 Å². The van der Waals surface area contributed by atoms with E-state index in [1.807, 2.05) is 30.3 Å². The topological polar surface area (TPSA) is 47.3 Å². The van der Waals surface area contributed by atoms with Crippen LogP contribution in [-0.2, 0) is 0 Å². The van der Waals surface area contributed by atoms with E-state index in [4.69, 9.17) is 10.6 Å². The second-order valence-corrected chi connectivity index (χ2v) is 5.64. The van der Waals surface area contributed by atoms with E-state index >= 15 is 0 Å². The van der Waals surface area contributed by atoms with Crippen molar-refractivity contribution in [2.24, 2.45) is 5.84 Å². The van der Waals surface area contributed by atoms with E-state index in [0.29, 0.717) is 11.1 Å². The minimum Gasteiger partial charge on any atom is -0.494 e. The number of hydrazine groups is 1. The predicted octanol–water partition coefficient (Wildman–Crippen LogP) is 3.93. The van der Waals surface area contributed by atoms with Gasteiger partial charge in [0, 0.05) is 4.47 Å². The number of halogens is 2. The third-order valence-corrected chi connectivity index (χ3v) is 3.53. The first-order chi connectivity index (χ1) is 10.1. The molecular weight excluding hydrogens is 335 g/mol. The molecule has 3 nitrogen and oxygen atoms in total. The second-order valence-electron chi connectivity index (χ2n) is 4.72. The molecule has 21 heavy (non-hydrogen) atoms. The molecule has 0 heterocycles. The molecule has 0 amide bonds. The van der Waals surface area contributed by atoms with Crippen LogP contribution in [0.2, 0.25) is 0 Å². The summed E-state index contributed by atoms with van der Waals surface area (Å²) < 4.78 is 19.8. The van der Waals surface area contributed by atoms with Crippen molar-refractivity contribution in [3.05, 3.63) is 63.9 Å². The zero-order chi connectivity index (χ0) is 15.2. The molecule has 5 heteroatoms. The number of benzene rings is 2. The molecular formula is C16H18BrFN2O. The molecule has 2 rings (SSSR count). The molecule has 0 radical (unpaired) electrons. The molecule has 0 saturated carbocycles. The summed E-state index contributed by atoms with van der Waals surface area (Å²) in [6.45, 7) is 2.75. The van der Waals surface area contributed by atoms with Crippen LogP contribution in [0, 0.1) is 5.82 Å². The monoisotopic (exact) mass is 352 g/mol. The first-order valence-corrected chi connectivity index (χ1v) is 7.58. The van der Waals surface area contributed by atoms with Crippen molar-refractivity contribution >= 4 is 15.9 Å². The highest BCUT2D eigenvalue weighted by Gasteiger charge is 2.14. The summed E-state index contributed by atoms with van der Waals surface area (Å²) in [5.74, 6) is 6.15. The molecule has 0 aliphatic carbocycles. The van der Waals surface area contributed by atoms with Crippen LogP contribution in [0.15, 0.2) is 46.9 Å². The van der Waals surface area contributed by atoms with Crippen molar-refractivity contribution in [2.45, 2.75) is 19.4 Å². The lowest BCUT2D eigenvalue weighted by molar-refractivity contribution is 0.317. The Kier molecular flexibility index (Phi) is 5.73. The van der Waals surface area contributed by atoms with Crippen molar-refractivity contribution in [3.63, 3.8) is 0 Å². The maximum Gasteiger partial charge on any atom is 0.124 e. The quantitative estimate of drug-likeness (QED) is 0.611. The number of hydrogen-bond acceptors (Lipinski definition) is 3. The summed E-state index contributed by atoms with van der Waals surface area (Å²) >= 11 is 3.29. The maximum absolute atomic E-state index is 13.5. The highest BCUT2D eigenvalue weighted by molar-refractivity contribution is 9.10. The highest BCUT2D eigenvalue weighted by Crippen LogP contribution is 2.26. The van der Waals surface area contributed by atoms with Gasteiger partial charge < -0.3 is 4.74 Å². The molecule has 0 saturated heterocycles. The molecule has 0 fully saturated rings. The molecule has 0 aromatic heterocycles. The molecule has 1 unspecified atom stereocenters. The third-order valence-electron chi connectivity index (χ3n) is 3.07. The van der Waals surface area contributed by atoms with Gasteiger partial charge in [-0.3, -0.25) is 5.84 Å². The van der Waals surface area contributed by atoms with Crippen LogP contribution in [0.25, 0.3) is 0 Å². The molecule has 112 valence electrons. The lowest BCUT2D eigenvalue weighted by atomic mass is 9.99. The van der Waals surface area contributed by atoms with Crippen molar-refractivity contribution in [2.75, 3.05) is 6.61 Å². The number of nitrogens with two attached hydrogens (primary N) is 1. The summed E-state index contributed by atoms with van der Waals surface area (Å²) in [6.07, 6.45) is 0.964. The standard InChI is InChI=1S/C16H18BrFN2O/c1-2-7-21-15-5-3-11(4-6-15)16(20-19)12-8-13(17)10-14(18)9-12/h3-6,8-10,16,20H,2,7,19H2,1H3. The molecule has 2 aromatic carbocycles. The smallest absolute Gasteiger partial charge is 0.124 e. The lowest BCUT2D eigenvalue weighted by Gasteiger charge is -2.18. The molecule has 0 aliphatic heterocycles. The second kappa shape index (κ2) is 7.54. The number of nitrogens with one attached hydrogen (secondary N) is 1. The van der Waals surface area contributed by atoms with E-state index in [1.165, 1.54) is 12.1 Å². The zero-order valence-corrected chi connectivity index (χ0v) is 13.4. The average molecular weight is 353 g/mol. The Morgan fingerprint density at radius 3 is 2.48 bits per heavy atom. The summed E-state index contributed by atoms with van der Waals surface area (Å²) in [5, 5.41) is 0. The molecule has 0 bridgehead atoms. The lowest BCUT2D eigenvalue weighted by Crippen LogP contribution is -2.28. The fourth-order valence-corrected chi connectivity index (χ4v) is 2.59. The minimum atomic E-state index is -0.303.